The Balaban J connectivity index is 1.67. The molecule has 0 fully saturated rings. The molecule has 0 bridgehead atoms. The highest BCUT2D eigenvalue weighted by atomic mass is 32.1. The van der Waals surface area contributed by atoms with Crippen LogP contribution in [0, 0.1) is 0 Å². The van der Waals surface area contributed by atoms with Gasteiger partial charge in [-0.05, 0) is 24.3 Å². The van der Waals surface area contributed by atoms with Crippen molar-refractivity contribution < 1.29 is 0 Å². The lowest BCUT2D eigenvalue weighted by atomic mass is 10.0. The first-order valence-electron chi connectivity index (χ1n) is 10.2. The Hall–Kier alpha value is -3.54. The van der Waals surface area contributed by atoms with Crippen LogP contribution in [0.25, 0.3) is 67.7 Å². The van der Waals surface area contributed by atoms with Gasteiger partial charge in [-0.2, -0.15) is 0 Å². The molecule has 0 aliphatic carbocycles. The van der Waals surface area contributed by atoms with Gasteiger partial charge in [-0.1, -0.05) is 30.3 Å². The molecule has 0 amide bonds. The quantitative estimate of drug-likeness (QED) is 0.230. The second-order valence-electron chi connectivity index (χ2n) is 7.89. The smallest absolute Gasteiger partial charge is 0.145 e. The Kier molecular flexibility index (Phi) is 2.91. The van der Waals surface area contributed by atoms with Crippen molar-refractivity contribution in [2.75, 3.05) is 0 Å². The van der Waals surface area contributed by atoms with Crippen molar-refractivity contribution in [3.05, 3.63) is 79.4 Å². The van der Waals surface area contributed by atoms with E-state index in [4.69, 9.17) is 0 Å². The van der Waals surface area contributed by atoms with E-state index in [9.17, 15) is 0 Å². The monoisotopic (exact) mass is 431 g/mol. The predicted octanol–water partition coefficient (Wildman–Crippen LogP) is 7.77. The van der Waals surface area contributed by atoms with Crippen LogP contribution in [-0.4, -0.2) is 14.4 Å². The molecule has 0 saturated heterocycles. The van der Waals surface area contributed by atoms with Gasteiger partial charge < -0.3 is 0 Å². The molecule has 5 heteroatoms. The zero-order valence-electron chi connectivity index (χ0n) is 16.2. The molecule has 0 spiro atoms. The van der Waals surface area contributed by atoms with Gasteiger partial charge in [0.2, 0.25) is 0 Å². The topological polar surface area (TPSA) is 30.2 Å². The molecule has 0 unspecified atom stereocenters. The molecular formula is C26H13N3S2. The van der Waals surface area contributed by atoms with Crippen LogP contribution in [0.1, 0.15) is 0 Å². The standard InChI is InChI=1S/C26H13N3S2/c1-2-4-20-14(3-1)15-6-8-21-23(24(15)30-20)17-5-7-19-22(25(17)31-21)18-13-27-10-9-16(18)26-28-11-12-29(19)26/h1-13H. The number of imidazole rings is 1. The van der Waals surface area contributed by atoms with Crippen LogP contribution < -0.4 is 0 Å². The SMILES string of the molecule is c1ccc2c(c1)sc1c2ccc2sc3c(ccc4c3c3cnccc3c3nccn43)c21. The molecule has 3 nitrogen and oxygen atoms in total. The Bertz CT molecular complexity index is 2010. The summed E-state index contributed by atoms with van der Waals surface area (Å²) in [5, 5.41) is 8.98. The lowest BCUT2D eigenvalue weighted by Crippen LogP contribution is -1.91. The van der Waals surface area contributed by atoms with Crippen LogP contribution >= 0.6 is 22.7 Å². The lowest BCUT2D eigenvalue weighted by Gasteiger charge is -2.08. The molecule has 0 atom stereocenters. The van der Waals surface area contributed by atoms with Crippen LogP contribution in [-0.2, 0) is 0 Å². The van der Waals surface area contributed by atoms with Crippen LogP contribution in [0.2, 0.25) is 0 Å². The number of hydrogen-bond acceptors (Lipinski definition) is 4. The molecule has 144 valence electrons. The van der Waals surface area contributed by atoms with E-state index in [1.54, 1.807) is 0 Å². The fourth-order valence-corrected chi connectivity index (χ4v) is 7.64. The maximum absolute atomic E-state index is 4.63. The van der Waals surface area contributed by atoms with Crippen LogP contribution in [0.15, 0.2) is 79.4 Å². The second kappa shape index (κ2) is 5.58. The van der Waals surface area contributed by atoms with E-state index in [0.29, 0.717) is 0 Å². The first-order chi connectivity index (χ1) is 15.4. The number of benzene rings is 3. The van der Waals surface area contributed by atoms with Crippen molar-refractivity contribution in [1.29, 1.82) is 0 Å². The predicted molar refractivity (Wildman–Crippen MR) is 134 cm³/mol. The van der Waals surface area contributed by atoms with E-state index in [2.05, 4.69) is 75.2 Å². The minimum atomic E-state index is 0.984. The summed E-state index contributed by atoms with van der Waals surface area (Å²) >= 11 is 3.79. The van der Waals surface area contributed by atoms with Gasteiger partial charge in [0.15, 0.2) is 0 Å². The molecule has 5 heterocycles. The van der Waals surface area contributed by atoms with Gasteiger partial charge in [0.25, 0.3) is 0 Å². The normalized spacial score (nSPS) is 12.5. The number of nitrogens with zero attached hydrogens (tertiary/aromatic N) is 3. The fraction of sp³-hybridized carbons (Fsp3) is 0. The van der Waals surface area contributed by atoms with Gasteiger partial charge in [0.05, 0.1) is 5.52 Å². The summed E-state index contributed by atoms with van der Waals surface area (Å²) in [5.74, 6) is 0. The van der Waals surface area contributed by atoms with E-state index in [-0.39, 0.29) is 0 Å². The van der Waals surface area contributed by atoms with Crippen molar-refractivity contribution in [1.82, 2.24) is 14.4 Å². The van der Waals surface area contributed by atoms with E-state index < -0.39 is 0 Å². The summed E-state index contributed by atoms with van der Waals surface area (Å²) in [6, 6.07) is 19.9. The number of rotatable bonds is 0. The summed E-state index contributed by atoms with van der Waals surface area (Å²) < 4.78 is 7.60. The van der Waals surface area contributed by atoms with E-state index >= 15 is 0 Å². The Morgan fingerprint density at radius 3 is 2.52 bits per heavy atom. The minimum Gasteiger partial charge on any atom is -0.299 e. The lowest BCUT2D eigenvalue weighted by molar-refractivity contribution is 1.27. The Morgan fingerprint density at radius 2 is 1.52 bits per heavy atom. The summed E-state index contributed by atoms with van der Waals surface area (Å²) in [6.07, 6.45) is 7.78. The van der Waals surface area contributed by atoms with E-state index in [0.717, 1.165) is 11.0 Å². The minimum absolute atomic E-state index is 0.984. The average Bonchev–Trinajstić information content (AvgIpc) is 3.53. The van der Waals surface area contributed by atoms with Gasteiger partial charge >= 0.3 is 0 Å². The third kappa shape index (κ3) is 1.93. The highest BCUT2D eigenvalue weighted by molar-refractivity contribution is 7.30. The highest BCUT2D eigenvalue weighted by Gasteiger charge is 2.18. The summed E-state index contributed by atoms with van der Waals surface area (Å²) in [4.78, 5) is 9.09. The molecule has 3 aromatic carbocycles. The van der Waals surface area contributed by atoms with Crippen LogP contribution in [0.4, 0.5) is 0 Å². The van der Waals surface area contributed by atoms with Gasteiger partial charge in [0, 0.05) is 81.3 Å². The van der Waals surface area contributed by atoms with Crippen LogP contribution in [0.3, 0.4) is 0 Å². The summed E-state index contributed by atoms with van der Waals surface area (Å²) in [5.41, 5.74) is 2.16. The molecule has 5 aromatic heterocycles. The average molecular weight is 432 g/mol. The van der Waals surface area contributed by atoms with E-state index in [1.165, 1.54) is 56.6 Å². The largest absolute Gasteiger partial charge is 0.299 e. The fourth-order valence-electron chi connectivity index (χ4n) is 5.04. The third-order valence-electron chi connectivity index (χ3n) is 6.36. The molecule has 31 heavy (non-hydrogen) atoms. The summed E-state index contributed by atoms with van der Waals surface area (Å²) in [7, 11) is 0. The van der Waals surface area contributed by atoms with Crippen molar-refractivity contribution in [2.45, 2.75) is 0 Å². The van der Waals surface area contributed by atoms with Gasteiger partial charge in [0.1, 0.15) is 5.65 Å². The van der Waals surface area contributed by atoms with Gasteiger partial charge in [-0.15, -0.1) is 22.7 Å². The second-order valence-corrected chi connectivity index (χ2v) is 10.00. The van der Waals surface area contributed by atoms with Crippen LogP contribution in [0.5, 0.6) is 0 Å². The molecular weight excluding hydrogens is 418 g/mol. The molecule has 8 rings (SSSR count). The molecule has 0 radical (unpaired) electrons. The third-order valence-corrected chi connectivity index (χ3v) is 8.75. The van der Waals surface area contributed by atoms with Crippen molar-refractivity contribution in [3.8, 4) is 0 Å². The van der Waals surface area contributed by atoms with Gasteiger partial charge in [-0.25, -0.2) is 4.98 Å². The molecule has 0 N–H and O–H groups in total. The zero-order valence-corrected chi connectivity index (χ0v) is 17.8. The molecule has 0 aliphatic rings. The first kappa shape index (κ1) is 16.2. The number of aromatic nitrogens is 3. The Labute approximate surface area is 183 Å². The maximum Gasteiger partial charge on any atom is 0.145 e. The zero-order chi connectivity index (χ0) is 20.1. The van der Waals surface area contributed by atoms with Crippen molar-refractivity contribution in [3.63, 3.8) is 0 Å². The maximum atomic E-state index is 4.63. The molecule has 0 saturated carbocycles. The number of thiophene rings is 2. The van der Waals surface area contributed by atoms with Crippen molar-refractivity contribution >= 4 is 90.3 Å². The number of pyridine rings is 2. The number of hydrogen-bond donors (Lipinski definition) is 0. The Morgan fingerprint density at radius 1 is 0.645 bits per heavy atom. The molecule has 0 aliphatic heterocycles. The first-order valence-corrected chi connectivity index (χ1v) is 11.8. The molecule has 8 aromatic rings. The van der Waals surface area contributed by atoms with Gasteiger partial charge in [-0.3, -0.25) is 9.38 Å². The van der Waals surface area contributed by atoms with E-state index in [1.807, 2.05) is 41.3 Å². The highest BCUT2D eigenvalue weighted by Crippen LogP contribution is 2.47. The number of fused-ring (bicyclic) bond motifs is 14. The van der Waals surface area contributed by atoms with Crippen molar-refractivity contribution in [2.24, 2.45) is 0 Å². The summed E-state index contributed by atoms with van der Waals surface area (Å²) in [6.45, 7) is 0.